The van der Waals surface area contributed by atoms with Crippen LogP contribution in [-0.2, 0) is 4.74 Å². The topological polar surface area (TPSA) is 102 Å². The number of ether oxygens (including phenoxy) is 3. The molecule has 0 fully saturated rings. The predicted octanol–water partition coefficient (Wildman–Crippen LogP) is 5.36. The lowest BCUT2D eigenvalue weighted by molar-refractivity contribution is -0.275. The molecule has 2 amide bonds. The molecule has 2 unspecified atom stereocenters. The van der Waals surface area contributed by atoms with Gasteiger partial charge in [-0.2, -0.15) is 10.1 Å². The molecule has 1 aliphatic heterocycles. The van der Waals surface area contributed by atoms with Gasteiger partial charge in [-0.05, 0) is 49.2 Å². The molecule has 2 aromatic carbocycles. The van der Waals surface area contributed by atoms with E-state index in [-0.39, 0.29) is 17.2 Å². The quantitative estimate of drug-likeness (QED) is 0.411. The van der Waals surface area contributed by atoms with Crippen LogP contribution in [0.4, 0.5) is 18.0 Å². The van der Waals surface area contributed by atoms with Crippen LogP contribution in [0.3, 0.4) is 0 Å². The Labute approximate surface area is 222 Å². The number of pyridine rings is 1. The van der Waals surface area contributed by atoms with Crippen molar-refractivity contribution in [1.82, 2.24) is 15.3 Å². The fraction of sp³-hybridized carbons (Fsp3) is 0.259. The summed E-state index contributed by atoms with van der Waals surface area (Å²) in [5.74, 6) is -1.28. The highest BCUT2D eigenvalue weighted by atomic mass is 19.4. The van der Waals surface area contributed by atoms with E-state index in [1.54, 1.807) is 31.2 Å². The molecule has 0 bridgehead atoms. The zero-order chi connectivity index (χ0) is 28.2. The SMILES string of the molecule is CCC1OC(=O)N(C(NC(=O)c2ccccn2)c2ccc(C)cc2)N=C1c1ccc(OC(F)(F)F)c(OC)c1. The van der Waals surface area contributed by atoms with Crippen molar-refractivity contribution in [2.75, 3.05) is 7.11 Å². The van der Waals surface area contributed by atoms with Gasteiger partial charge in [-0.3, -0.25) is 9.78 Å². The van der Waals surface area contributed by atoms with E-state index in [2.05, 4.69) is 20.1 Å². The molecule has 9 nitrogen and oxygen atoms in total. The Morgan fingerprint density at radius 1 is 1.13 bits per heavy atom. The smallest absolute Gasteiger partial charge is 0.493 e. The minimum absolute atomic E-state index is 0.126. The van der Waals surface area contributed by atoms with Gasteiger partial charge >= 0.3 is 12.5 Å². The summed E-state index contributed by atoms with van der Waals surface area (Å²) in [5.41, 5.74) is 2.20. The summed E-state index contributed by atoms with van der Waals surface area (Å²) in [4.78, 5) is 30.2. The summed E-state index contributed by atoms with van der Waals surface area (Å²) >= 11 is 0. The number of carbonyl (C=O) groups is 2. The minimum atomic E-state index is -4.91. The third-order valence-electron chi connectivity index (χ3n) is 5.81. The number of halogens is 3. The maximum atomic E-state index is 13.1. The number of nitrogens with zero attached hydrogens (tertiary/aromatic N) is 3. The highest BCUT2D eigenvalue weighted by Gasteiger charge is 2.37. The van der Waals surface area contributed by atoms with Crippen LogP contribution in [0.2, 0.25) is 0 Å². The molecule has 3 aromatic rings. The second-order valence-electron chi connectivity index (χ2n) is 8.53. The van der Waals surface area contributed by atoms with Crippen molar-refractivity contribution in [1.29, 1.82) is 0 Å². The third-order valence-corrected chi connectivity index (χ3v) is 5.81. The zero-order valence-electron chi connectivity index (χ0n) is 21.2. The number of benzene rings is 2. The van der Waals surface area contributed by atoms with Crippen molar-refractivity contribution < 1.29 is 37.0 Å². The average Bonchev–Trinajstić information content (AvgIpc) is 2.92. The Balaban J connectivity index is 1.77. The summed E-state index contributed by atoms with van der Waals surface area (Å²) in [6.45, 7) is 3.66. The molecule has 0 radical (unpaired) electrons. The van der Waals surface area contributed by atoms with Gasteiger partial charge in [-0.15, -0.1) is 13.2 Å². The second kappa shape index (κ2) is 11.4. The number of carbonyl (C=O) groups excluding carboxylic acids is 2. The fourth-order valence-electron chi connectivity index (χ4n) is 3.90. The number of hydrazone groups is 1. The molecule has 4 rings (SSSR count). The molecular weight excluding hydrogens is 517 g/mol. The number of rotatable bonds is 8. The van der Waals surface area contributed by atoms with Gasteiger partial charge in [0.1, 0.15) is 17.5 Å². The first kappa shape index (κ1) is 27.4. The Kier molecular flexibility index (Phi) is 8.03. The molecule has 204 valence electrons. The summed E-state index contributed by atoms with van der Waals surface area (Å²) in [6, 6.07) is 15.7. The number of nitrogens with one attached hydrogen (secondary N) is 1. The van der Waals surface area contributed by atoms with Crippen molar-refractivity contribution in [2.45, 2.75) is 38.9 Å². The van der Waals surface area contributed by atoms with Crippen LogP contribution >= 0.6 is 0 Å². The monoisotopic (exact) mass is 542 g/mol. The lowest BCUT2D eigenvalue weighted by atomic mass is 10.0. The van der Waals surface area contributed by atoms with E-state index in [1.165, 1.54) is 31.5 Å². The number of aromatic nitrogens is 1. The Morgan fingerprint density at radius 3 is 2.49 bits per heavy atom. The molecule has 0 aliphatic carbocycles. The number of alkyl halides is 3. The largest absolute Gasteiger partial charge is 0.573 e. The van der Waals surface area contributed by atoms with Crippen molar-refractivity contribution in [3.63, 3.8) is 0 Å². The molecule has 0 spiro atoms. The van der Waals surface area contributed by atoms with E-state index in [0.717, 1.165) is 16.6 Å². The maximum absolute atomic E-state index is 13.1. The minimum Gasteiger partial charge on any atom is -0.493 e. The molecular formula is C27H25F3N4O5. The van der Waals surface area contributed by atoms with Crippen molar-refractivity contribution in [3.05, 3.63) is 89.2 Å². The van der Waals surface area contributed by atoms with E-state index in [4.69, 9.17) is 9.47 Å². The number of hydrogen-bond acceptors (Lipinski definition) is 7. The zero-order valence-corrected chi connectivity index (χ0v) is 21.2. The summed E-state index contributed by atoms with van der Waals surface area (Å²) in [5, 5.41) is 8.30. The Hall–Kier alpha value is -4.61. The first-order valence-corrected chi connectivity index (χ1v) is 11.9. The lowest BCUT2D eigenvalue weighted by Crippen LogP contribution is -2.48. The van der Waals surface area contributed by atoms with Crippen LogP contribution < -0.4 is 14.8 Å². The molecule has 1 N–H and O–H groups in total. The van der Waals surface area contributed by atoms with E-state index < -0.39 is 36.4 Å². The molecule has 12 heteroatoms. The molecule has 39 heavy (non-hydrogen) atoms. The molecule has 0 saturated heterocycles. The Morgan fingerprint density at radius 2 is 1.87 bits per heavy atom. The van der Waals surface area contributed by atoms with Crippen molar-refractivity contribution in [3.8, 4) is 11.5 Å². The first-order valence-electron chi connectivity index (χ1n) is 11.9. The molecule has 0 saturated carbocycles. The van der Waals surface area contributed by atoms with Crippen molar-refractivity contribution in [2.24, 2.45) is 5.10 Å². The van der Waals surface area contributed by atoms with Crippen LogP contribution in [0, 0.1) is 6.92 Å². The van der Waals surface area contributed by atoms with Gasteiger partial charge in [0.25, 0.3) is 5.91 Å². The van der Waals surface area contributed by atoms with Crippen LogP contribution in [0.5, 0.6) is 11.5 Å². The highest BCUT2D eigenvalue weighted by Crippen LogP contribution is 2.34. The van der Waals surface area contributed by atoms with E-state index in [9.17, 15) is 22.8 Å². The maximum Gasteiger partial charge on any atom is 0.573 e. The number of aryl methyl sites for hydroxylation is 1. The van der Waals surface area contributed by atoms with E-state index >= 15 is 0 Å². The van der Waals surface area contributed by atoms with Crippen molar-refractivity contribution >= 4 is 17.7 Å². The van der Waals surface area contributed by atoms with Gasteiger partial charge in [0.15, 0.2) is 17.7 Å². The number of hydrogen-bond donors (Lipinski definition) is 1. The fourth-order valence-corrected chi connectivity index (χ4v) is 3.90. The summed E-state index contributed by atoms with van der Waals surface area (Å²) < 4.78 is 53.3. The number of cyclic esters (lactones) is 1. The highest BCUT2D eigenvalue weighted by molar-refractivity contribution is 6.06. The van der Waals surface area contributed by atoms with E-state index in [1.807, 2.05) is 19.1 Å². The van der Waals surface area contributed by atoms with Gasteiger partial charge in [0.2, 0.25) is 0 Å². The standard InChI is InChI=1S/C27H25F3N4O5/c1-4-20-23(18-12-13-21(22(15-18)37-3)39-27(28,29)30)33-34(26(36)38-20)24(17-10-8-16(2)9-11-17)32-25(35)19-7-5-6-14-31-19/h5-15,20,24H,4H2,1-3H3,(H,32,35). The van der Waals surface area contributed by atoms with Crippen LogP contribution in [0.15, 0.2) is 72.0 Å². The second-order valence-corrected chi connectivity index (χ2v) is 8.53. The van der Waals surface area contributed by atoms with Gasteiger partial charge in [-0.1, -0.05) is 42.8 Å². The first-order chi connectivity index (χ1) is 18.6. The Bertz CT molecular complexity index is 1360. The summed E-state index contributed by atoms with van der Waals surface area (Å²) in [7, 11) is 1.20. The summed E-state index contributed by atoms with van der Waals surface area (Å²) in [6.07, 6.45) is -5.83. The van der Waals surface area contributed by atoms with E-state index in [0.29, 0.717) is 17.5 Å². The number of methoxy groups -OCH3 is 1. The normalized spacial score (nSPS) is 16.2. The predicted molar refractivity (Wildman–Crippen MR) is 134 cm³/mol. The molecule has 1 aliphatic rings. The average molecular weight is 543 g/mol. The number of amides is 2. The van der Waals surface area contributed by atoms with Gasteiger partial charge in [0.05, 0.1) is 7.11 Å². The van der Waals surface area contributed by atoms with Gasteiger partial charge < -0.3 is 19.5 Å². The molecule has 2 heterocycles. The van der Waals surface area contributed by atoms with Crippen LogP contribution in [0.1, 0.15) is 46.7 Å². The van der Waals surface area contributed by atoms with Crippen LogP contribution in [-0.4, -0.2) is 47.3 Å². The third kappa shape index (κ3) is 6.46. The molecule has 1 aromatic heterocycles. The van der Waals surface area contributed by atoms with Crippen LogP contribution in [0.25, 0.3) is 0 Å². The van der Waals surface area contributed by atoms with Gasteiger partial charge in [0, 0.05) is 11.8 Å². The van der Waals surface area contributed by atoms with Gasteiger partial charge in [-0.25, -0.2) is 4.79 Å². The lowest BCUT2D eigenvalue weighted by Gasteiger charge is -2.34. The molecule has 2 atom stereocenters.